The highest BCUT2D eigenvalue weighted by Crippen LogP contribution is 2.52. The number of hydrogen-bond acceptors (Lipinski definition) is 38. The minimum absolute atomic E-state index is 0.0408. The van der Waals surface area contributed by atoms with Crippen LogP contribution in [0.15, 0.2) is 127 Å². The summed E-state index contributed by atoms with van der Waals surface area (Å²) in [4.78, 5) is 198. The van der Waals surface area contributed by atoms with Gasteiger partial charge in [-0.3, -0.25) is 84.9 Å². The lowest BCUT2D eigenvalue weighted by Gasteiger charge is -2.33. The van der Waals surface area contributed by atoms with Gasteiger partial charge in [0, 0.05) is 122 Å². The molecule has 7 aromatic heterocycles. The van der Waals surface area contributed by atoms with E-state index in [4.69, 9.17) is 59.8 Å². The molecule has 11 heterocycles. The van der Waals surface area contributed by atoms with Crippen LogP contribution in [0.4, 0.5) is 5.69 Å². The Balaban J connectivity index is 0.793. The molecule has 18 atom stereocenters. The number of H-pyrrole nitrogens is 4. The van der Waals surface area contributed by atoms with Gasteiger partial charge in [-0.05, 0) is 64.5 Å². The van der Waals surface area contributed by atoms with Gasteiger partial charge in [-0.25, -0.2) is 27.6 Å². The maximum Gasteiger partial charge on any atom is 0.330 e. The number of aromatic amines is 4. The number of nitrogens with zero attached hydrogens (tertiary/aromatic N) is 9. The van der Waals surface area contributed by atoms with E-state index in [0.29, 0.717) is 21.5 Å². The molecule has 56 heteroatoms. The van der Waals surface area contributed by atoms with Gasteiger partial charge in [-0.15, -0.1) is 5.10 Å². The van der Waals surface area contributed by atoms with Gasteiger partial charge in [-0.1, -0.05) is 11.3 Å². The quantitative estimate of drug-likeness (QED) is 0.0129. The number of phosphoric ester groups is 5. The van der Waals surface area contributed by atoms with Crippen molar-refractivity contribution < 1.29 is 139 Å². The summed E-state index contributed by atoms with van der Waals surface area (Å²) in [5, 5.41) is 8.37. The van der Waals surface area contributed by atoms with Crippen LogP contribution in [0.25, 0.3) is 23.1 Å². The highest BCUT2D eigenvalue weighted by atomic mass is 32.2. The average molecular weight is 1810 g/mol. The van der Waals surface area contributed by atoms with E-state index in [-0.39, 0.29) is 41.9 Å². The fourth-order valence-electron chi connectivity index (χ4n) is 13.4. The highest BCUT2D eigenvalue weighted by molar-refractivity contribution is 7.85. The second kappa shape index (κ2) is 36.9. The lowest BCUT2D eigenvalue weighted by molar-refractivity contribution is -0.734. The first-order valence-corrected chi connectivity index (χ1v) is 44.8. The van der Waals surface area contributed by atoms with Crippen LogP contribution in [-0.2, 0) is 113 Å². The molecule has 4 saturated heterocycles. The van der Waals surface area contributed by atoms with E-state index in [0.717, 1.165) is 68.7 Å². The third-order valence-corrected chi connectivity index (χ3v) is 24.0. The molecule has 654 valence electrons. The molecule has 8 aromatic rings. The molecular formula is C64H75N13O37P5S-5. The average Bonchev–Trinajstić information content (AvgIpc) is 1.55. The smallest absolute Gasteiger partial charge is 0.330 e. The normalized spacial score (nSPS) is 25.3. The summed E-state index contributed by atoms with van der Waals surface area (Å²) in [6.45, 7) is 3.29. The third kappa shape index (κ3) is 22.9. The van der Waals surface area contributed by atoms with Crippen molar-refractivity contribution in [1.82, 2.24) is 53.2 Å². The van der Waals surface area contributed by atoms with E-state index in [1.165, 1.54) is 48.5 Å². The Morgan fingerprint density at radius 3 is 1.59 bits per heavy atom. The minimum atomic E-state index is -6.15. The van der Waals surface area contributed by atoms with Crippen LogP contribution in [-0.4, -0.2) is 170 Å². The molecule has 0 radical (unpaired) electrons. The monoisotopic (exact) mass is 1800 g/mol. The Bertz CT molecular complexity index is 6040. The number of phosphoric acid groups is 5. The molecule has 4 aliphatic heterocycles. The Morgan fingerprint density at radius 1 is 0.592 bits per heavy atom. The van der Waals surface area contributed by atoms with Crippen LogP contribution in [0.1, 0.15) is 98.2 Å². The van der Waals surface area contributed by atoms with Crippen molar-refractivity contribution in [2.45, 2.75) is 165 Å². The van der Waals surface area contributed by atoms with Crippen LogP contribution in [0, 0.1) is 20.8 Å². The van der Waals surface area contributed by atoms with E-state index < -0.39 is 231 Å². The zero-order valence-electron chi connectivity index (χ0n) is 63.2. The van der Waals surface area contributed by atoms with Crippen molar-refractivity contribution in [3.63, 3.8) is 0 Å². The fraction of sp³-hybridized carbons (Fsp3) is 0.484. The predicted octanol–water partition coefficient (Wildman–Crippen LogP) is -2.97. The summed E-state index contributed by atoms with van der Waals surface area (Å²) >= 11 is 0. The van der Waals surface area contributed by atoms with Crippen LogP contribution in [0.5, 0.6) is 0 Å². The molecule has 0 aliphatic carbocycles. The van der Waals surface area contributed by atoms with Gasteiger partial charge in [0.25, 0.3) is 66.4 Å². The van der Waals surface area contributed by atoms with Gasteiger partial charge in [0.1, 0.15) is 72.3 Å². The summed E-state index contributed by atoms with van der Waals surface area (Å²) < 4.78 is 187. The molecule has 0 saturated carbocycles. The summed E-state index contributed by atoms with van der Waals surface area (Å²) in [5.74, 6) is 0.444. The van der Waals surface area contributed by atoms with Crippen molar-refractivity contribution in [2.24, 2.45) is 0 Å². The molecular weight excluding hydrogens is 1730 g/mol. The lowest BCUT2D eigenvalue weighted by Crippen LogP contribution is -2.41. The molecule has 6 N–H and O–H groups in total. The highest BCUT2D eigenvalue weighted by Gasteiger charge is 2.52. The van der Waals surface area contributed by atoms with Gasteiger partial charge in [0.2, 0.25) is 0 Å². The number of rotatable bonds is 37. The molecule has 0 spiro atoms. The number of aryl methyl sites for hydroxylation is 5. The van der Waals surface area contributed by atoms with Crippen LogP contribution >= 0.6 is 39.1 Å². The molecule has 6 unspecified atom stereocenters. The largest absolute Gasteiger partial charge is 0.756 e. The van der Waals surface area contributed by atoms with Crippen LogP contribution in [0.3, 0.4) is 0 Å². The minimum Gasteiger partial charge on any atom is -0.756 e. The second-order valence-corrected chi connectivity index (χ2v) is 35.3. The van der Waals surface area contributed by atoms with E-state index >= 15 is 0 Å². The number of benzene rings is 1. The third-order valence-electron chi connectivity index (χ3n) is 19.1. The van der Waals surface area contributed by atoms with Crippen molar-refractivity contribution in [3.05, 3.63) is 197 Å². The second-order valence-electron chi connectivity index (χ2n) is 27.5. The first-order chi connectivity index (χ1) is 56.4. The van der Waals surface area contributed by atoms with Crippen molar-refractivity contribution in [1.29, 1.82) is 0 Å². The van der Waals surface area contributed by atoms with E-state index in [1.54, 1.807) is 24.3 Å². The number of ether oxygens (including phenoxy) is 5. The Hall–Kier alpha value is -8.43. The summed E-state index contributed by atoms with van der Waals surface area (Å²) in [6, 6.07) is 11.1. The van der Waals surface area contributed by atoms with Gasteiger partial charge in [0.05, 0.1) is 57.5 Å². The number of pyridine rings is 1. The first-order valence-electron chi connectivity index (χ1n) is 36.1. The molecule has 50 nitrogen and oxygen atoms in total. The number of nitrogens with one attached hydrogen (secondary N) is 4. The SMILES string of the molecule is CCN(CC)c1ccc2cc(/C=C/c3cc[n+](CCCn4cc(CO[C@H]5C(n6ccc(=O)[nH]c6=O)O[C@H](COP(=O)([O-])O[C@H]6C[C@H](n7cc(C)c(=O)[nH]c7=O)O[C@@H]6COP(=O)([O-])O[C@H]6C[C@H](n7cc(C)c(=O)[nH]c7=O)O[C@@H]6COP(=O)([O-])O)[C@H]5OP(=O)([O-])OC[C@H]5O[C@@H](n6cc(C)c(=O)[nH]c6=O)C[C@@H]5OP(=O)([O-])O)nn4)c(S(=O)(=O)[O-])c3)oc2c1. The van der Waals surface area contributed by atoms with Gasteiger partial charge < -0.3 is 108 Å². The number of furan rings is 1. The van der Waals surface area contributed by atoms with Crippen LogP contribution in [0.2, 0.25) is 0 Å². The van der Waals surface area contributed by atoms with E-state index in [1.807, 2.05) is 52.0 Å². The van der Waals surface area contributed by atoms with E-state index in [2.05, 4.69) is 19.7 Å². The summed E-state index contributed by atoms with van der Waals surface area (Å²) in [6.07, 6.45) is -17.1. The zero-order valence-corrected chi connectivity index (χ0v) is 68.5. The molecule has 4 aliphatic rings. The Labute approximate surface area is 673 Å². The van der Waals surface area contributed by atoms with Crippen molar-refractivity contribution >= 4 is 78.0 Å². The van der Waals surface area contributed by atoms with E-state index in [9.17, 15) is 108 Å². The van der Waals surface area contributed by atoms with Crippen LogP contribution < -0.4 is 78.9 Å². The number of aromatic nitrogens is 12. The standard InChI is InChI=1S/C64H80N13O37P5S/c1-6-71(7-2)40-11-10-38-20-41(106-42(38)21-40)12-9-37-13-17-72(54(19-37)120(98,99)100)15-8-16-73-28-39(69-70-73)29-101-56-55(114-119(96,97)104-31-47-43(111-116(89,90)91)22-51(108-47)75-25-34(3)57(79)66-62(75)83)49(110-60(56)74-18-14-50(78)65-61(74)82)33-105-118(94,95)113-45-24-53(77-27-36(5)59(81)68-64(77)85)109-48(45)32-103-117(92,93)112-44-23-52(107-46(44)30-102-115(86,87)88)76-26-35(4)58(80)67-63(76)84/h9-14,17-21,25-28,43-49,51-53,55-56,60H,6-8,15-16,22-24,29-33H2,1-5H3,(H11-,65,66,67,68,78,79,80,81,82,83,84,85,86,87,88,89,90,91,92,93,94,95,96,97,98,99,100)/p-5/t43-,44-,45-,46+,47+,48+,49+,51+,52+,53+,55+,56+,60?/m0/s1. The molecule has 12 rings (SSSR count). The Morgan fingerprint density at radius 2 is 1.09 bits per heavy atom. The number of hydrogen-bond donors (Lipinski definition) is 6. The summed E-state index contributed by atoms with van der Waals surface area (Å²) in [5.41, 5.74) is -6.54. The lowest BCUT2D eigenvalue weighted by atomic mass is 10.1. The maximum absolute atomic E-state index is 14.4. The van der Waals surface area contributed by atoms with Gasteiger partial charge in [-0.2, -0.15) is 4.57 Å². The number of fused-ring (bicyclic) bond motifs is 1. The fourth-order valence-corrected chi connectivity index (χ4v) is 17.9. The maximum atomic E-state index is 14.4. The van der Waals surface area contributed by atoms with Gasteiger partial charge in [0.15, 0.2) is 29.1 Å². The number of anilines is 1. The molecule has 0 amide bonds. The molecule has 1 aromatic carbocycles. The predicted molar refractivity (Wildman–Crippen MR) is 391 cm³/mol. The zero-order chi connectivity index (χ0) is 86.9. The Kier molecular flexibility index (Phi) is 27.9. The molecule has 4 fully saturated rings. The molecule has 0 bridgehead atoms. The van der Waals surface area contributed by atoms with Gasteiger partial charge >= 0.3 is 22.8 Å². The summed E-state index contributed by atoms with van der Waals surface area (Å²) in [7, 11) is -34.5. The molecule has 120 heavy (non-hydrogen) atoms. The topological polar surface area (TPSA) is 689 Å². The van der Waals surface area contributed by atoms with Crippen molar-refractivity contribution in [2.75, 3.05) is 44.4 Å². The van der Waals surface area contributed by atoms with Crippen molar-refractivity contribution in [3.8, 4) is 0 Å². The first kappa shape index (κ1) is 90.8.